The van der Waals surface area contributed by atoms with Gasteiger partial charge < -0.3 is 10.2 Å². The number of hydrogen-bond donors (Lipinski definition) is 1. The third-order valence-corrected chi connectivity index (χ3v) is 13.8. The molecule has 7 nitrogen and oxygen atoms in total. The Hall–Kier alpha value is -2.95. The van der Waals surface area contributed by atoms with E-state index in [4.69, 9.17) is 0 Å². The topological polar surface area (TPSA) is 101 Å². The van der Waals surface area contributed by atoms with Crippen LogP contribution in [-0.4, -0.2) is 70.3 Å². The van der Waals surface area contributed by atoms with Crippen LogP contribution in [-0.2, 0) is 36.5 Å². The molecule has 1 N–H and O–H groups in total. The molecule has 254 valence electrons. The van der Waals surface area contributed by atoms with Crippen LogP contribution in [0.3, 0.4) is 0 Å². The number of rotatable bonds is 5. The lowest BCUT2D eigenvalue weighted by Gasteiger charge is -2.43. The number of aryl methyl sites for hydroxylation is 1. The number of nitrogens with zero attached hydrogens (tertiary/aromatic N) is 1. The van der Waals surface area contributed by atoms with Crippen molar-refractivity contribution < 1.29 is 56.8 Å². The molecule has 0 spiro atoms. The number of alkyl halides is 7. The highest BCUT2D eigenvalue weighted by Crippen LogP contribution is 2.56. The third-order valence-electron chi connectivity index (χ3n) is 9.54. The van der Waals surface area contributed by atoms with E-state index in [1.54, 1.807) is 0 Å². The van der Waals surface area contributed by atoms with Crippen molar-refractivity contribution in [1.29, 1.82) is 0 Å². The Balaban J connectivity index is 1.56. The SMILES string of the molecule is CS(=O)(=O)C1CCC(NC(=O)N2CC[C@@]3(S(=O)(=O)c4ccc(F)cc4)c4ccc(C(F)(C(F)(F)F)C(F)(F)F)cc4CC[C@@H]23)CC1. The van der Waals surface area contributed by atoms with Gasteiger partial charge in [-0.3, -0.25) is 0 Å². The Bertz CT molecular complexity index is 1710. The van der Waals surface area contributed by atoms with Gasteiger partial charge in [0.2, 0.25) is 0 Å². The number of halogens is 8. The van der Waals surface area contributed by atoms with Crippen molar-refractivity contribution in [3.8, 4) is 0 Å². The lowest BCUT2D eigenvalue weighted by molar-refractivity contribution is -0.348. The molecular formula is C29H30F8N2O5S2. The molecule has 5 rings (SSSR count). The molecule has 2 aromatic rings. The second-order valence-electron chi connectivity index (χ2n) is 12.1. The van der Waals surface area contributed by atoms with Crippen molar-refractivity contribution in [3.63, 3.8) is 0 Å². The minimum atomic E-state index is -6.38. The van der Waals surface area contributed by atoms with Crippen molar-refractivity contribution >= 4 is 25.7 Å². The number of carbonyl (C=O) groups is 1. The molecule has 0 radical (unpaired) electrons. The first-order valence-corrected chi connectivity index (χ1v) is 17.8. The van der Waals surface area contributed by atoms with Gasteiger partial charge in [-0.25, -0.2) is 30.4 Å². The monoisotopic (exact) mass is 702 g/mol. The summed E-state index contributed by atoms with van der Waals surface area (Å²) in [6, 6.07) is 2.87. The average molecular weight is 703 g/mol. The van der Waals surface area contributed by atoms with Crippen LogP contribution in [0.4, 0.5) is 39.9 Å². The highest BCUT2D eigenvalue weighted by Gasteiger charge is 2.74. The maximum atomic E-state index is 15.0. The van der Waals surface area contributed by atoms with Crippen molar-refractivity contribution in [2.24, 2.45) is 0 Å². The number of sulfone groups is 2. The van der Waals surface area contributed by atoms with E-state index in [0.717, 1.165) is 36.6 Å². The fourth-order valence-corrected chi connectivity index (χ4v) is 10.7. The summed E-state index contributed by atoms with van der Waals surface area (Å²) in [6.45, 7) is -0.172. The van der Waals surface area contributed by atoms with Crippen LogP contribution in [0, 0.1) is 5.82 Å². The number of benzene rings is 2. The molecular weight excluding hydrogens is 672 g/mol. The van der Waals surface area contributed by atoms with Crippen LogP contribution in [0.5, 0.6) is 0 Å². The van der Waals surface area contributed by atoms with Gasteiger partial charge in [0.1, 0.15) is 20.4 Å². The van der Waals surface area contributed by atoms with E-state index in [1.165, 1.54) is 4.90 Å². The molecule has 2 aromatic carbocycles. The van der Waals surface area contributed by atoms with Gasteiger partial charge in [0, 0.05) is 24.4 Å². The molecule has 46 heavy (non-hydrogen) atoms. The Morgan fingerprint density at radius 3 is 2.00 bits per heavy atom. The molecule has 17 heteroatoms. The Morgan fingerprint density at radius 1 is 0.870 bits per heavy atom. The fraction of sp³-hybridized carbons (Fsp3) is 0.552. The molecule has 1 saturated carbocycles. The van der Waals surface area contributed by atoms with E-state index >= 15 is 0 Å². The zero-order chi connectivity index (χ0) is 34.1. The summed E-state index contributed by atoms with van der Waals surface area (Å²) in [7, 11) is -7.89. The number of hydrogen-bond acceptors (Lipinski definition) is 5. The highest BCUT2D eigenvalue weighted by molar-refractivity contribution is 7.92. The van der Waals surface area contributed by atoms with E-state index in [0.29, 0.717) is 31.7 Å². The maximum Gasteiger partial charge on any atom is 0.435 e. The highest BCUT2D eigenvalue weighted by atomic mass is 32.2. The minimum Gasteiger partial charge on any atom is -0.335 e. The average Bonchev–Trinajstić information content (AvgIpc) is 3.37. The fourth-order valence-electron chi connectivity index (χ4n) is 7.19. The molecule has 2 fully saturated rings. The van der Waals surface area contributed by atoms with Crippen LogP contribution in [0.25, 0.3) is 0 Å². The van der Waals surface area contributed by atoms with E-state index in [9.17, 15) is 56.8 Å². The molecule has 1 heterocycles. The van der Waals surface area contributed by atoms with E-state index in [1.807, 2.05) is 0 Å². The summed E-state index contributed by atoms with van der Waals surface area (Å²) in [4.78, 5) is 14.4. The molecule has 0 unspecified atom stereocenters. The maximum absolute atomic E-state index is 15.0. The Labute approximate surface area is 260 Å². The second-order valence-corrected chi connectivity index (χ2v) is 16.7. The van der Waals surface area contributed by atoms with Crippen molar-refractivity contribution in [2.75, 3.05) is 12.8 Å². The predicted octanol–water partition coefficient (Wildman–Crippen LogP) is 5.87. The van der Waals surface area contributed by atoms with Crippen molar-refractivity contribution in [2.45, 2.75) is 89.9 Å². The Kier molecular flexibility index (Phi) is 8.48. The number of amides is 2. The summed E-state index contributed by atoms with van der Waals surface area (Å²) in [5.41, 5.74) is -7.91. The van der Waals surface area contributed by atoms with Gasteiger partial charge in [0.15, 0.2) is 9.84 Å². The predicted molar refractivity (Wildman–Crippen MR) is 149 cm³/mol. The standard InChI is InChI=1S/C29H30F8N2O5S2/c1-45(41,42)21-10-6-20(7-11-21)38-25(40)39-15-14-26(46(43,44)22-8-4-19(30)5-9-22)23-12-3-18(16-17(23)2-13-24(26)39)27(31,28(32,33)34)29(35,36)37/h3-5,8-9,12,16,20-21,24H,2,6-7,10-11,13-15H2,1H3,(H,38,40)/t20?,21?,24-,26-/m1/s1. The smallest absolute Gasteiger partial charge is 0.335 e. The van der Waals surface area contributed by atoms with Gasteiger partial charge in [0.25, 0.3) is 0 Å². The summed E-state index contributed by atoms with van der Waals surface area (Å²) in [5, 5.41) is 2.26. The molecule has 3 aliphatic rings. The molecule has 1 aliphatic heterocycles. The number of nitrogens with one attached hydrogen (secondary N) is 1. The molecule has 2 atom stereocenters. The van der Waals surface area contributed by atoms with Gasteiger partial charge in [0.05, 0.1) is 16.2 Å². The minimum absolute atomic E-state index is 0.172. The van der Waals surface area contributed by atoms with Gasteiger partial charge in [-0.15, -0.1) is 0 Å². The van der Waals surface area contributed by atoms with Gasteiger partial charge in [-0.05, 0) is 80.3 Å². The first-order chi connectivity index (χ1) is 21.1. The van der Waals surface area contributed by atoms with Crippen LogP contribution in [0.2, 0.25) is 0 Å². The van der Waals surface area contributed by atoms with E-state index in [2.05, 4.69) is 5.32 Å². The lowest BCUT2D eigenvalue weighted by atomic mass is 9.77. The zero-order valence-electron chi connectivity index (χ0n) is 24.3. The van der Waals surface area contributed by atoms with E-state index < -0.39 is 77.2 Å². The molecule has 2 aliphatic carbocycles. The van der Waals surface area contributed by atoms with Crippen LogP contribution < -0.4 is 5.32 Å². The summed E-state index contributed by atoms with van der Waals surface area (Å²) in [5.74, 6) is -0.765. The van der Waals surface area contributed by atoms with E-state index in [-0.39, 0.29) is 47.9 Å². The Morgan fingerprint density at radius 2 is 1.46 bits per heavy atom. The third kappa shape index (κ3) is 5.44. The van der Waals surface area contributed by atoms with Crippen molar-refractivity contribution in [3.05, 3.63) is 65.0 Å². The van der Waals surface area contributed by atoms with Gasteiger partial charge in [-0.1, -0.05) is 18.2 Å². The largest absolute Gasteiger partial charge is 0.435 e. The number of carbonyl (C=O) groups excluding carboxylic acids is 1. The normalized spacial score (nSPS) is 25.9. The van der Waals surface area contributed by atoms with Crippen LogP contribution >= 0.6 is 0 Å². The quantitative estimate of drug-likeness (QED) is 0.311. The van der Waals surface area contributed by atoms with Crippen LogP contribution in [0.15, 0.2) is 47.4 Å². The number of likely N-dealkylation sites (tertiary alicyclic amines) is 1. The number of urea groups is 1. The van der Waals surface area contributed by atoms with Crippen molar-refractivity contribution in [1.82, 2.24) is 10.2 Å². The first kappa shape index (κ1) is 34.4. The van der Waals surface area contributed by atoms with Crippen LogP contribution in [0.1, 0.15) is 55.2 Å². The first-order valence-electron chi connectivity index (χ1n) is 14.4. The summed E-state index contributed by atoms with van der Waals surface area (Å²) >= 11 is 0. The number of fused-ring (bicyclic) bond motifs is 3. The summed E-state index contributed by atoms with van der Waals surface area (Å²) < 4.78 is 161. The van der Waals surface area contributed by atoms with Gasteiger partial charge in [-0.2, -0.15) is 26.3 Å². The second kappa shape index (κ2) is 11.3. The van der Waals surface area contributed by atoms with Gasteiger partial charge >= 0.3 is 24.1 Å². The summed E-state index contributed by atoms with van der Waals surface area (Å²) in [6.07, 6.45) is -11.1. The molecule has 2 amide bonds. The zero-order valence-corrected chi connectivity index (χ0v) is 25.9. The lowest BCUT2D eigenvalue weighted by Crippen LogP contribution is -2.55. The molecule has 1 saturated heterocycles. The molecule has 0 bridgehead atoms. The molecule has 0 aromatic heterocycles.